The van der Waals surface area contributed by atoms with Crippen LogP contribution in [0.25, 0.3) is 0 Å². The van der Waals surface area contributed by atoms with E-state index in [0.29, 0.717) is 6.54 Å². The number of nitro groups is 1. The zero-order chi connectivity index (χ0) is 12.0. The minimum atomic E-state index is -0.413. The van der Waals surface area contributed by atoms with Crippen molar-refractivity contribution in [2.75, 3.05) is 6.54 Å². The predicted octanol–water partition coefficient (Wildman–Crippen LogP) is 1.72. The molecular weight excluding hydrogens is 206 g/mol. The molecule has 88 valence electrons. The number of nitrogens with zero attached hydrogens (tertiary/aromatic N) is 1. The van der Waals surface area contributed by atoms with Crippen molar-refractivity contribution in [3.05, 3.63) is 39.9 Å². The van der Waals surface area contributed by atoms with Crippen LogP contribution in [0.4, 0.5) is 5.69 Å². The quantitative estimate of drug-likeness (QED) is 0.436. The summed E-state index contributed by atoms with van der Waals surface area (Å²) in [6.07, 6.45) is 2.80. The van der Waals surface area contributed by atoms with Gasteiger partial charge in [0, 0.05) is 18.2 Å². The summed E-state index contributed by atoms with van der Waals surface area (Å²) in [6, 6.07) is 6.33. The van der Waals surface area contributed by atoms with Crippen molar-refractivity contribution >= 4 is 5.69 Å². The summed E-state index contributed by atoms with van der Waals surface area (Å²) in [5.41, 5.74) is 12.4. The largest absolute Gasteiger partial charge is 0.330 e. The third-order valence-corrected chi connectivity index (χ3v) is 2.50. The van der Waals surface area contributed by atoms with Crippen molar-refractivity contribution < 1.29 is 4.92 Å². The van der Waals surface area contributed by atoms with E-state index in [-0.39, 0.29) is 11.7 Å². The summed E-state index contributed by atoms with van der Waals surface area (Å²) in [5, 5.41) is 10.5. The highest BCUT2D eigenvalue weighted by Gasteiger charge is 2.08. The molecule has 0 amide bonds. The fourth-order valence-corrected chi connectivity index (χ4v) is 1.52. The van der Waals surface area contributed by atoms with Crippen LogP contribution in [-0.4, -0.2) is 11.5 Å². The molecule has 1 rings (SSSR count). The third-order valence-electron chi connectivity index (χ3n) is 2.50. The second kappa shape index (κ2) is 6.19. The van der Waals surface area contributed by atoms with Gasteiger partial charge in [0.15, 0.2) is 0 Å². The first-order chi connectivity index (χ1) is 7.65. The van der Waals surface area contributed by atoms with Crippen molar-refractivity contribution in [1.82, 2.24) is 0 Å². The molecule has 1 atom stereocenters. The van der Waals surface area contributed by atoms with E-state index in [1.807, 2.05) is 0 Å². The highest BCUT2D eigenvalue weighted by atomic mass is 16.6. The van der Waals surface area contributed by atoms with Gasteiger partial charge >= 0.3 is 0 Å². The maximum absolute atomic E-state index is 10.5. The molecule has 0 aliphatic rings. The van der Waals surface area contributed by atoms with Crippen LogP contribution in [-0.2, 0) is 0 Å². The molecule has 0 saturated carbocycles. The van der Waals surface area contributed by atoms with E-state index >= 15 is 0 Å². The lowest BCUT2D eigenvalue weighted by molar-refractivity contribution is -0.384. The molecule has 0 fully saturated rings. The highest BCUT2D eigenvalue weighted by Crippen LogP contribution is 2.19. The van der Waals surface area contributed by atoms with Gasteiger partial charge in [-0.1, -0.05) is 18.6 Å². The molecule has 1 aromatic carbocycles. The molecule has 5 nitrogen and oxygen atoms in total. The Hall–Kier alpha value is -1.46. The average molecular weight is 223 g/mol. The van der Waals surface area contributed by atoms with Gasteiger partial charge in [0.2, 0.25) is 0 Å². The van der Waals surface area contributed by atoms with Crippen LogP contribution >= 0.6 is 0 Å². The van der Waals surface area contributed by atoms with E-state index < -0.39 is 4.92 Å². The predicted molar refractivity (Wildman–Crippen MR) is 62.9 cm³/mol. The second-order valence-corrected chi connectivity index (χ2v) is 3.74. The summed E-state index contributed by atoms with van der Waals surface area (Å²) in [5.74, 6) is 0. The van der Waals surface area contributed by atoms with Gasteiger partial charge in [0.05, 0.1) is 4.92 Å². The maximum atomic E-state index is 10.5. The summed E-state index contributed by atoms with van der Waals surface area (Å²) >= 11 is 0. The van der Waals surface area contributed by atoms with Crippen LogP contribution in [0, 0.1) is 10.1 Å². The topological polar surface area (TPSA) is 95.2 Å². The van der Waals surface area contributed by atoms with E-state index in [2.05, 4.69) is 0 Å². The second-order valence-electron chi connectivity index (χ2n) is 3.74. The molecule has 0 heterocycles. The first kappa shape index (κ1) is 12.6. The van der Waals surface area contributed by atoms with Gasteiger partial charge in [-0.25, -0.2) is 0 Å². The lowest BCUT2D eigenvalue weighted by Gasteiger charge is -2.11. The summed E-state index contributed by atoms with van der Waals surface area (Å²) in [6.45, 7) is 0.674. The molecule has 0 aromatic heterocycles. The summed E-state index contributed by atoms with van der Waals surface area (Å²) in [7, 11) is 0. The van der Waals surface area contributed by atoms with Crippen molar-refractivity contribution in [3.63, 3.8) is 0 Å². The maximum Gasteiger partial charge on any atom is 0.269 e. The van der Waals surface area contributed by atoms with Crippen molar-refractivity contribution in [2.24, 2.45) is 11.5 Å². The Bertz CT molecular complexity index is 338. The van der Waals surface area contributed by atoms with Crippen molar-refractivity contribution in [2.45, 2.75) is 25.3 Å². The summed E-state index contributed by atoms with van der Waals surface area (Å²) in [4.78, 5) is 10.0. The number of nitro benzene ring substituents is 1. The standard InChI is InChI=1S/C11H17N3O2/c12-8-2-1-3-11(13)9-4-6-10(7-5-9)14(15)16/h4-7,11H,1-3,8,12-13H2/t11-/m1/s1. The van der Waals surface area contributed by atoms with Crippen molar-refractivity contribution in [3.8, 4) is 0 Å². The number of hydrogen-bond donors (Lipinski definition) is 2. The Labute approximate surface area is 94.6 Å². The minimum absolute atomic E-state index is 0.0626. The Morgan fingerprint density at radius 2 is 1.88 bits per heavy atom. The van der Waals surface area contributed by atoms with Gasteiger partial charge in [0.1, 0.15) is 0 Å². The molecule has 1 aromatic rings. The van der Waals surface area contributed by atoms with Crippen LogP contribution in [0.1, 0.15) is 30.9 Å². The number of benzene rings is 1. The molecule has 0 spiro atoms. The average Bonchev–Trinajstić information content (AvgIpc) is 2.29. The van der Waals surface area contributed by atoms with Gasteiger partial charge in [-0.15, -0.1) is 0 Å². The van der Waals surface area contributed by atoms with Gasteiger partial charge in [-0.05, 0) is 24.9 Å². The number of unbranched alkanes of at least 4 members (excludes halogenated alkanes) is 1. The number of hydrogen-bond acceptors (Lipinski definition) is 4. The Kier molecular flexibility index (Phi) is 4.88. The Balaban J connectivity index is 2.56. The van der Waals surface area contributed by atoms with Gasteiger partial charge < -0.3 is 11.5 Å². The van der Waals surface area contributed by atoms with E-state index in [1.165, 1.54) is 12.1 Å². The fourth-order valence-electron chi connectivity index (χ4n) is 1.52. The highest BCUT2D eigenvalue weighted by molar-refractivity contribution is 5.34. The molecule has 5 heteroatoms. The molecule has 0 aliphatic heterocycles. The first-order valence-corrected chi connectivity index (χ1v) is 5.35. The van der Waals surface area contributed by atoms with Crippen LogP contribution in [0.5, 0.6) is 0 Å². The summed E-state index contributed by atoms with van der Waals surface area (Å²) < 4.78 is 0. The monoisotopic (exact) mass is 223 g/mol. The molecule has 16 heavy (non-hydrogen) atoms. The van der Waals surface area contributed by atoms with E-state index in [9.17, 15) is 10.1 Å². The zero-order valence-corrected chi connectivity index (χ0v) is 9.13. The van der Waals surface area contributed by atoms with Gasteiger partial charge in [-0.2, -0.15) is 0 Å². The third kappa shape index (κ3) is 3.60. The van der Waals surface area contributed by atoms with E-state index in [0.717, 1.165) is 24.8 Å². The lowest BCUT2D eigenvalue weighted by atomic mass is 10.0. The molecule has 0 aliphatic carbocycles. The molecule has 0 unspecified atom stereocenters. The fraction of sp³-hybridized carbons (Fsp3) is 0.455. The number of nitrogens with two attached hydrogens (primary N) is 2. The van der Waals surface area contributed by atoms with E-state index in [4.69, 9.17) is 11.5 Å². The molecule has 4 N–H and O–H groups in total. The van der Waals surface area contributed by atoms with E-state index in [1.54, 1.807) is 12.1 Å². The SMILES string of the molecule is NCCCC[C@@H](N)c1ccc([N+](=O)[O-])cc1. The Morgan fingerprint density at radius 3 is 2.38 bits per heavy atom. The lowest BCUT2D eigenvalue weighted by Crippen LogP contribution is -2.11. The number of rotatable bonds is 6. The number of non-ortho nitro benzene ring substituents is 1. The Morgan fingerprint density at radius 1 is 1.25 bits per heavy atom. The van der Waals surface area contributed by atoms with Gasteiger partial charge in [-0.3, -0.25) is 10.1 Å². The van der Waals surface area contributed by atoms with Crippen molar-refractivity contribution in [1.29, 1.82) is 0 Å². The smallest absolute Gasteiger partial charge is 0.269 e. The minimum Gasteiger partial charge on any atom is -0.330 e. The van der Waals surface area contributed by atoms with Crippen LogP contribution in [0.2, 0.25) is 0 Å². The van der Waals surface area contributed by atoms with Crippen LogP contribution < -0.4 is 11.5 Å². The molecule has 0 radical (unpaired) electrons. The molecule has 0 bridgehead atoms. The first-order valence-electron chi connectivity index (χ1n) is 5.35. The molecular formula is C11H17N3O2. The van der Waals surface area contributed by atoms with Gasteiger partial charge in [0.25, 0.3) is 5.69 Å². The molecule has 0 saturated heterocycles. The normalized spacial score (nSPS) is 12.4. The van der Waals surface area contributed by atoms with Crippen LogP contribution in [0.15, 0.2) is 24.3 Å². The van der Waals surface area contributed by atoms with Crippen LogP contribution in [0.3, 0.4) is 0 Å². The zero-order valence-electron chi connectivity index (χ0n) is 9.13.